The van der Waals surface area contributed by atoms with Crippen molar-refractivity contribution in [3.8, 4) is 5.75 Å². The van der Waals surface area contributed by atoms with E-state index in [0.717, 1.165) is 0 Å². The van der Waals surface area contributed by atoms with E-state index in [9.17, 15) is 0 Å². The molecule has 0 amide bonds. The minimum absolute atomic E-state index is 0.259. The van der Waals surface area contributed by atoms with Gasteiger partial charge in [0.05, 0.1) is 0 Å². The lowest BCUT2D eigenvalue weighted by molar-refractivity contribution is 0.474. The highest BCUT2D eigenvalue weighted by atomic mass is 16.3. The van der Waals surface area contributed by atoms with Gasteiger partial charge >= 0.3 is 0 Å². The summed E-state index contributed by atoms with van der Waals surface area (Å²) < 4.78 is 0. The highest BCUT2D eigenvalue weighted by Crippen LogP contribution is 2.00. The number of hydrogen-bond acceptors (Lipinski definition) is 2. The summed E-state index contributed by atoms with van der Waals surface area (Å²) >= 11 is 0. The Labute approximate surface area is 55.2 Å². The van der Waals surface area contributed by atoms with Crippen LogP contribution in [0.25, 0.3) is 0 Å². The van der Waals surface area contributed by atoms with Crippen LogP contribution in [0, 0.1) is 0 Å². The van der Waals surface area contributed by atoms with Crippen molar-refractivity contribution in [2.75, 3.05) is 0 Å². The van der Waals surface area contributed by atoms with E-state index in [1.54, 1.807) is 0 Å². The third-order valence-corrected chi connectivity index (χ3v) is 0.663. The standard InChI is InChI=1S/C5H5NO.C2H6/c7-5-1-3-6-4-2-5;1-2/h1-4H,(H,6,7);1-2H3. The van der Waals surface area contributed by atoms with Crippen molar-refractivity contribution in [2.24, 2.45) is 0 Å². The normalized spacial score (nSPS) is 7.33. The summed E-state index contributed by atoms with van der Waals surface area (Å²) in [6, 6.07) is 3.06. The second-order valence-corrected chi connectivity index (χ2v) is 1.21. The molecule has 0 aliphatic carbocycles. The van der Waals surface area contributed by atoms with Crippen molar-refractivity contribution in [2.45, 2.75) is 13.8 Å². The van der Waals surface area contributed by atoms with Crippen LogP contribution in [0.3, 0.4) is 0 Å². The minimum Gasteiger partial charge on any atom is -0.508 e. The van der Waals surface area contributed by atoms with Crippen LogP contribution in [0.4, 0.5) is 0 Å². The molecule has 0 spiro atoms. The predicted octanol–water partition coefficient (Wildman–Crippen LogP) is 1.81. The third kappa shape index (κ3) is 3.53. The summed E-state index contributed by atoms with van der Waals surface area (Å²) in [6.07, 6.45) is 3.07. The molecule has 1 heterocycles. The third-order valence-electron chi connectivity index (χ3n) is 0.663. The smallest absolute Gasteiger partial charge is 0.118 e. The minimum atomic E-state index is 0.259. The molecule has 0 fully saturated rings. The molecule has 0 aromatic carbocycles. The highest BCUT2D eigenvalue weighted by molar-refractivity contribution is 5.13. The van der Waals surface area contributed by atoms with E-state index >= 15 is 0 Å². The summed E-state index contributed by atoms with van der Waals surface area (Å²) in [5.74, 6) is 0.259. The van der Waals surface area contributed by atoms with Gasteiger partial charge in [0.15, 0.2) is 0 Å². The molecular formula is C7H11NO. The fraction of sp³-hybridized carbons (Fsp3) is 0.286. The van der Waals surface area contributed by atoms with Crippen LogP contribution in [0.15, 0.2) is 24.5 Å². The van der Waals surface area contributed by atoms with E-state index in [1.807, 2.05) is 13.8 Å². The maximum absolute atomic E-state index is 8.59. The van der Waals surface area contributed by atoms with Gasteiger partial charge < -0.3 is 5.11 Å². The van der Waals surface area contributed by atoms with Crippen LogP contribution in [-0.4, -0.2) is 10.1 Å². The average molecular weight is 125 g/mol. The molecule has 0 bridgehead atoms. The van der Waals surface area contributed by atoms with E-state index in [-0.39, 0.29) is 5.75 Å². The molecule has 9 heavy (non-hydrogen) atoms. The van der Waals surface area contributed by atoms with Crippen LogP contribution >= 0.6 is 0 Å². The van der Waals surface area contributed by atoms with Gasteiger partial charge in [0.2, 0.25) is 0 Å². The van der Waals surface area contributed by atoms with Gasteiger partial charge in [-0.1, -0.05) is 13.8 Å². The highest BCUT2D eigenvalue weighted by Gasteiger charge is 1.75. The quantitative estimate of drug-likeness (QED) is 0.573. The van der Waals surface area contributed by atoms with Crippen LogP contribution in [0.1, 0.15) is 13.8 Å². The molecule has 1 N–H and O–H groups in total. The van der Waals surface area contributed by atoms with Gasteiger partial charge in [0, 0.05) is 12.4 Å². The Morgan fingerprint density at radius 3 is 1.89 bits per heavy atom. The Morgan fingerprint density at radius 2 is 1.67 bits per heavy atom. The second kappa shape index (κ2) is 5.09. The molecule has 0 aliphatic heterocycles. The Kier molecular flexibility index (Phi) is 4.50. The molecular weight excluding hydrogens is 114 g/mol. The topological polar surface area (TPSA) is 33.1 Å². The summed E-state index contributed by atoms with van der Waals surface area (Å²) in [4.78, 5) is 3.69. The molecule has 1 rings (SSSR count). The van der Waals surface area contributed by atoms with Gasteiger partial charge in [0.25, 0.3) is 0 Å². The molecule has 2 heteroatoms. The Morgan fingerprint density at radius 1 is 1.22 bits per heavy atom. The lowest BCUT2D eigenvalue weighted by Gasteiger charge is -1.82. The van der Waals surface area contributed by atoms with Crippen LogP contribution in [0.2, 0.25) is 0 Å². The first-order chi connectivity index (χ1) is 4.39. The zero-order valence-electron chi connectivity index (χ0n) is 5.70. The van der Waals surface area contributed by atoms with Gasteiger partial charge in [-0.25, -0.2) is 0 Å². The van der Waals surface area contributed by atoms with Crippen molar-refractivity contribution in [1.29, 1.82) is 0 Å². The van der Waals surface area contributed by atoms with Crippen molar-refractivity contribution < 1.29 is 5.11 Å². The van der Waals surface area contributed by atoms with Gasteiger partial charge in [-0.2, -0.15) is 0 Å². The van der Waals surface area contributed by atoms with E-state index < -0.39 is 0 Å². The average Bonchev–Trinajstić information content (AvgIpc) is 1.94. The summed E-state index contributed by atoms with van der Waals surface area (Å²) in [5.41, 5.74) is 0. The lowest BCUT2D eigenvalue weighted by atomic mass is 10.5. The second-order valence-electron chi connectivity index (χ2n) is 1.21. The molecule has 0 aliphatic rings. The number of hydrogen-bond donors (Lipinski definition) is 1. The van der Waals surface area contributed by atoms with Gasteiger partial charge in [0.1, 0.15) is 5.75 Å². The number of nitrogens with zero attached hydrogens (tertiary/aromatic N) is 1. The zero-order valence-corrected chi connectivity index (χ0v) is 5.70. The van der Waals surface area contributed by atoms with Crippen molar-refractivity contribution in [1.82, 2.24) is 4.98 Å². The van der Waals surface area contributed by atoms with Crippen molar-refractivity contribution in [3.63, 3.8) is 0 Å². The summed E-state index contributed by atoms with van der Waals surface area (Å²) in [7, 11) is 0. The Hall–Kier alpha value is -1.05. The van der Waals surface area contributed by atoms with Crippen LogP contribution in [0.5, 0.6) is 5.75 Å². The number of pyridine rings is 1. The van der Waals surface area contributed by atoms with E-state index in [0.29, 0.717) is 0 Å². The SMILES string of the molecule is CC.Oc1ccncc1. The van der Waals surface area contributed by atoms with Crippen molar-refractivity contribution >= 4 is 0 Å². The molecule has 0 unspecified atom stereocenters. The lowest BCUT2D eigenvalue weighted by Crippen LogP contribution is -1.63. The van der Waals surface area contributed by atoms with Gasteiger partial charge in [-0.3, -0.25) is 4.98 Å². The molecule has 1 aromatic rings. The first kappa shape index (κ1) is 7.95. The molecule has 0 saturated heterocycles. The van der Waals surface area contributed by atoms with E-state index in [4.69, 9.17) is 5.11 Å². The summed E-state index contributed by atoms with van der Waals surface area (Å²) in [5, 5.41) is 8.59. The zero-order chi connectivity index (χ0) is 7.11. The fourth-order valence-electron chi connectivity index (χ4n) is 0.344. The maximum Gasteiger partial charge on any atom is 0.118 e. The number of rotatable bonds is 0. The maximum atomic E-state index is 8.59. The van der Waals surface area contributed by atoms with E-state index in [2.05, 4.69) is 4.98 Å². The fourth-order valence-corrected chi connectivity index (χ4v) is 0.344. The largest absolute Gasteiger partial charge is 0.508 e. The van der Waals surface area contributed by atoms with Gasteiger partial charge in [-0.15, -0.1) is 0 Å². The monoisotopic (exact) mass is 125 g/mol. The van der Waals surface area contributed by atoms with Crippen LogP contribution < -0.4 is 0 Å². The van der Waals surface area contributed by atoms with Gasteiger partial charge in [-0.05, 0) is 12.1 Å². The molecule has 50 valence electrons. The molecule has 2 nitrogen and oxygen atoms in total. The number of aromatic nitrogens is 1. The Bertz CT molecular complexity index is 139. The first-order valence-corrected chi connectivity index (χ1v) is 2.98. The molecule has 0 saturated carbocycles. The Balaban J connectivity index is 0.000000291. The van der Waals surface area contributed by atoms with Crippen LogP contribution in [-0.2, 0) is 0 Å². The molecule has 0 atom stereocenters. The summed E-state index contributed by atoms with van der Waals surface area (Å²) in [6.45, 7) is 4.00. The first-order valence-electron chi connectivity index (χ1n) is 2.98. The number of aromatic hydroxyl groups is 1. The van der Waals surface area contributed by atoms with E-state index in [1.165, 1.54) is 24.5 Å². The predicted molar refractivity (Wildman–Crippen MR) is 37.2 cm³/mol. The molecule has 0 radical (unpaired) electrons. The van der Waals surface area contributed by atoms with Crippen molar-refractivity contribution in [3.05, 3.63) is 24.5 Å². The molecule has 1 aromatic heterocycles.